The molecule has 11 atom stereocenters. The second kappa shape index (κ2) is 7.57. The van der Waals surface area contributed by atoms with Crippen LogP contribution in [0.1, 0.15) is 106 Å². The smallest absolute Gasteiger partial charge is 0.0752 e. The first-order valence-electron chi connectivity index (χ1n) is 14.4. The highest BCUT2D eigenvalue weighted by Gasteiger charge is 2.82. The molecule has 0 aromatic rings. The van der Waals surface area contributed by atoms with Crippen molar-refractivity contribution in [1.82, 2.24) is 0 Å². The first-order chi connectivity index (χ1) is 15.7. The van der Waals surface area contributed by atoms with Gasteiger partial charge in [0, 0.05) is 0 Å². The van der Waals surface area contributed by atoms with Gasteiger partial charge in [-0.05, 0) is 120 Å². The third-order valence-corrected chi connectivity index (χ3v) is 13.5. The molecular formula is C31H52O3. The van der Waals surface area contributed by atoms with Crippen LogP contribution in [0.15, 0.2) is 12.2 Å². The molecule has 3 heteroatoms. The number of fused-ring (bicyclic) bond motifs is 2. The average molecular weight is 473 g/mol. The summed E-state index contributed by atoms with van der Waals surface area (Å²) in [6, 6.07) is 0. The van der Waals surface area contributed by atoms with Crippen LogP contribution in [0.2, 0.25) is 0 Å². The van der Waals surface area contributed by atoms with Crippen molar-refractivity contribution in [3.8, 4) is 0 Å². The lowest BCUT2D eigenvalue weighted by molar-refractivity contribution is -0.162. The number of rotatable bonds is 5. The maximum absolute atomic E-state index is 11.6. The summed E-state index contributed by atoms with van der Waals surface area (Å²) < 4.78 is 0. The van der Waals surface area contributed by atoms with Crippen LogP contribution in [0, 0.1) is 56.7 Å². The highest BCUT2D eigenvalue weighted by atomic mass is 16.3. The van der Waals surface area contributed by atoms with Gasteiger partial charge in [0.05, 0.1) is 18.3 Å². The van der Waals surface area contributed by atoms with E-state index in [1.807, 2.05) is 0 Å². The summed E-state index contributed by atoms with van der Waals surface area (Å²) in [6.07, 6.45) is 9.23. The Morgan fingerprint density at radius 3 is 2.15 bits per heavy atom. The van der Waals surface area contributed by atoms with E-state index in [0.717, 1.165) is 18.4 Å². The Balaban J connectivity index is 1.43. The quantitative estimate of drug-likeness (QED) is 0.408. The summed E-state index contributed by atoms with van der Waals surface area (Å²) in [7, 11) is 0. The maximum Gasteiger partial charge on any atom is 0.0752 e. The van der Waals surface area contributed by atoms with Crippen LogP contribution >= 0.6 is 0 Å². The summed E-state index contributed by atoms with van der Waals surface area (Å²) in [5.74, 6) is 2.12. The normalized spacial score (nSPS) is 52.7. The van der Waals surface area contributed by atoms with Gasteiger partial charge < -0.3 is 15.3 Å². The second-order valence-corrected chi connectivity index (χ2v) is 15.1. The molecule has 194 valence electrons. The zero-order valence-corrected chi connectivity index (χ0v) is 23.0. The first-order valence-corrected chi connectivity index (χ1v) is 14.4. The third kappa shape index (κ3) is 2.93. The number of aliphatic hydroxyl groups excluding tert-OH is 3. The van der Waals surface area contributed by atoms with Crippen molar-refractivity contribution in [2.75, 3.05) is 0 Å². The van der Waals surface area contributed by atoms with Crippen molar-refractivity contribution in [2.24, 2.45) is 56.7 Å². The van der Waals surface area contributed by atoms with Gasteiger partial charge in [-0.1, -0.05) is 55.0 Å². The van der Waals surface area contributed by atoms with Crippen LogP contribution in [-0.4, -0.2) is 33.6 Å². The molecule has 5 aliphatic carbocycles. The van der Waals surface area contributed by atoms with E-state index in [0.29, 0.717) is 29.1 Å². The van der Waals surface area contributed by atoms with E-state index in [-0.39, 0.29) is 46.2 Å². The zero-order valence-electron chi connectivity index (χ0n) is 23.0. The molecule has 0 saturated heterocycles. The van der Waals surface area contributed by atoms with Gasteiger partial charge in [-0.3, -0.25) is 0 Å². The van der Waals surface area contributed by atoms with Crippen LogP contribution < -0.4 is 0 Å². The van der Waals surface area contributed by atoms with Crippen molar-refractivity contribution >= 4 is 0 Å². The van der Waals surface area contributed by atoms with Crippen LogP contribution in [0.3, 0.4) is 0 Å². The summed E-state index contributed by atoms with van der Waals surface area (Å²) in [4.78, 5) is 0. The van der Waals surface area contributed by atoms with Crippen molar-refractivity contribution in [3.63, 3.8) is 0 Å². The van der Waals surface area contributed by atoms with Crippen molar-refractivity contribution in [2.45, 2.75) is 125 Å². The molecule has 34 heavy (non-hydrogen) atoms. The topological polar surface area (TPSA) is 60.7 Å². The minimum atomic E-state index is -0.481. The summed E-state index contributed by atoms with van der Waals surface area (Å²) in [5.41, 5.74) is 2.08. The molecule has 0 amide bonds. The molecule has 3 N–H and O–H groups in total. The molecule has 0 unspecified atom stereocenters. The SMILES string of the molecule is C=C(C(C)C)[C@@H](O)C[C@@H](C)[C@H]1[C@@H](O)C[C@@]2(C)[C@@H]3CC[C@H]4C(C)(C)[C@@H](O)CC[C@@]45C[C@@]35CC[C@]12C. The van der Waals surface area contributed by atoms with E-state index in [9.17, 15) is 15.3 Å². The maximum atomic E-state index is 11.6. The molecule has 0 aliphatic heterocycles. The van der Waals surface area contributed by atoms with E-state index in [4.69, 9.17) is 0 Å². The van der Waals surface area contributed by atoms with E-state index >= 15 is 0 Å². The van der Waals surface area contributed by atoms with Gasteiger partial charge in [0.25, 0.3) is 0 Å². The molecule has 0 radical (unpaired) electrons. The fraction of sp³-hybridized carbons (Fsp3) is 0.935. The highest BCUT2D eigenvalue weighted by molar-refractivity contribution is 5.31. The van der Waals surface area contributed by atoms with E-state index in [2.05, 4.69) is 55.0 Å². The Labute approximate surface area is 208 Å². The standard InChI is InChI=1S/C31H52O3/c1-18(2)20(4)21(32)15-19(3)26-22(33)16-29(8)24-10-9-23-27(5,6)25(34)11-12-30(23)17-31(24,30)14-13-28(26,29)7/h18-19,21-26,32-34H,4,9-17H2,1-3,5-8H3/t19-,21+,22+,23+,24+,25+,26+,28-,29+,30-,31+/m1/s1. The van der Waals surface area contributed by atoms with Gasteiger partial charge in [0.1, 0.15) is 0 Å². The Morgan fingerprint density at radius 2 is 1.50 bits per heavy atom. The zero-order chi connectivity index (χ0) is 25.1. The Morgan fingerprint density at radius 1 is 0.882 bits per heavy atom. The molecule has 3 nitrogen and oxygen atoms in total. The van der Waals surface area contributed by atoms with Crippen molar-refractivity contribution < 1.29 is 15.3 Å². The largest absolute Gasteiger partial charge is 0.393 e. The van der Waals surface area contributed by atoms with Gasteiger partial charge in [0.15, 0.2) is 0 Å². The van der Waals surface area contributed by atoms with E-state index in [1.54, 1.807) is 0 Å². The highest BCUT2D eigenvalue weighted by Crippen LogP contribution is 2.89. The minimum Gasteiger partial charge on any atom is -0.393 e. The van der Waals surface area contributed by atoms with Gasteiger partial charge in [-0.2, -0.15) is 0 Å². The number of aliphatic hydroxyl groups is 3. The average Bonchev–Trinajstić information content (AvgIpc) is 3.35. The van der Waals surface area contributed by atoms with Crippen LogP contribution in [-0.2, 0) is 0 Å². The molecule has 2 spiro atoms. The molecule has 0 bridgehead atoms. The lowest BCUT2D eigenvalue weighted by atomic mass is 9.41. The van der Waals surface area contributed by atoms with Gasteiger partial charge in [0.2, 0.25) is 0 Å². The molecule has 0 aromatic carbocycles. The molecule has 0 aromatic heterocycles. The van der Waals surface area contributed by atoms with Crippen LogP contribution in [0.5, 0.6) is 0 Å². The van der Waals surface area contributed by atoms with E-state index in [1.165, 1.54) is 38.5 Å². The predicted octanol–water partition coefficient (Wildman–Crippen LogP) is 6.36. The van der Waals surface area contributed by atoms with Gasteiger partial charge >= 0.3 is 0 Å². The number of hydrogen-bond acceptors (Lipinski definition) is 3. The fourth-order valence-corrected chi connectivity index (χ4v) is 11.5. The molecule has 5 aliphatic rings. The first kappa shape index (κ1) is 25.3. The summed E-state index contributed by atoms with van der Waals surface area (Å²) in [5, 5.41) is 33.3. The van der Waals surface area contributed by atoms with Crippen molar-refractivity contribution in [1.29, 1.82) is 0 Å². The van der Waals surface area contributed by atoms with Gasteiger partial charge in [-0.25, -0.2) is 0 Å². The summed E-state index contributed by atoms with van der Waals surface area (Å²) in [6.45, 7) is 20.3. The Kier molecular flexibility index (Phi) is 5.63. The second-order valence-electron chi connectivity index (χ2n) is 15.1. The molecular weight excluding hydrogens is 420 g/mol. The lowest BCUT2D eigenvalue weighted by Gasteiger charge is -2.63. The third-order valence-electron chi connectivity index (χ3n) is 13.5. The monoisotopic (exact) mass is 472 g/mol. The Hall–Kier alpha value is -0.380. The Bertz CT molecular complexity index is 848. The van der Waals surface area contributed by atoms with Crippen molar-refractivity contribution in [3.05, 3.63) is 12.2 Å². The van der Waals surface area contributed by atoms with Gasteiger partial charge in [-0.15, -0.1) is 0 Å². The van der Waals surface area contributed by atoms with Crippen LogP contribution in [0.25, 0.3) is 0 Å². The fourth-order valence-electron chi connectivity index (χ4n) is 11.5. The predicted molar refractivity (Wildman–Crippen MR) is 138 cm³/mol. The summed E-state index contributed by atoms with van der Waals surface area (Å²) >= 11 is 0. The lowest BCUT2D eigenvalue weighted by Crippen LogP contribution is -2.57. The van der Waals surface area contributed by atoms with Crippen LogP contribution in [0.4, 0.5) is 0 Å². The molecule has 5 saturated carbocycles. The van der Waals surface area contributed by atoms with E-state index < -0.39 is 6.10 Å². The molecule has 5 fully saturated rings. The molecule has 5 rings (SSSR count). The minimum absolute atomic E-state index is 0.0234. The molecule has 0 heterocycles. The number of hydrogen-bond donors (Lipinski definition) is 3.